The predicted octanol–water partition coefficient (Wildman–Crippen LogP) is 2.39. The Morgan fingerprint density at radius 2 is 2.25 bits per heavy atom. The van der Waals surface area contributed by atoms with Gasteiger partial charge in [-0.3, -0.25) is 16.3 Å². The van der Waals surface area contributed by atoms with Gasteiger partial charge in [-0.25, -0.2) is 0 Å². The molecule has 1 aromatic carbocycles. The van der Waals surface area contributed by atoms with Gasteiger partial charge in [0.25, 0.3) is 0 Å². The molecule has 2 atom stereocenters. The van der Waals surface area contributed by atoms with Crippen molar-refractivity contribution in [3.63, 3.8) is 0 Å². The largest absolute Gasteiger partial charge is 0.493 e. The fourth-order valence-corrected chi connectivity index (χ4v) is 3.07. The molecule has 0 saturated heterocycles. The predicted molar refractivity (Wildman–Crippen MR) is 81.4 cm³/mol. The van der Waals surface area contributed by atoms with Gasteiger partial charge < -0.3 is 4.74 Å². The maximum absolute atomic E-state index is 5.76. The van der Waals surface area contributed by atoms with E-state index in [-0.39, 0.29) is 12.0 Å². The quantitative estimate of drug-likeness (QED) is 0.666. The van der Waals surface area contributed by atoms with E-state index in [4.69, 9.17) is 10.6 Å². The van der Waals surface area contributed by atoms with Gasteiger partial charge >= 0.3 is 0 Å². The summed E-state index contributed by atoms with van der Waals surface area (Å²) in [5, 5.41) is 0. The normalized spacial score (nSPS) is 18.4. The lowest BCUT2D eigenvalue weighted by Gasteiger charge is -2.22. The molecule has 20 heavy (non-hydrogen) atoms. The first kappa shape index (κ1) is 13.5. The summed E-state index contributed by atoms with van der Waals surface area (Å²) in [4.78, 5) is 4.20. The molecule has 1 aliphatic rings. The molecule has 3 rings (SSSR count). The lowest BCUT2D eigenvalue weighted by atomic mass is 9.90. The van der Waals surface area contributed by atoms with E-state index in [0.717, 1.165) is 22.2 Å². The molecule has 5 heteroatoms. The van der Waals surface area contributed by atoms with Crippen molar-refractivity contribution >= 4 is 15.9 Å². The molecular weight excluding hydrogens is 318 g/mol. The molecular formula is C15H16BrN3O. The number of nitrogens with one attached hydrogen (secondary N) is 1. The average molecular weight is 334 g/mol. The van der Waals surface area contributed by atoms with Crippen molar-refractivity contribution < 1.29 is 4.74 Å². The van der Waals surface area contributed by atoms with E-state index in [1.165, 1.54) is 5.56 Å². The fourth-order valence-electron chi connectivity index (χ4n) is 2.66. The van der Waals surface area contributed by atoms with Crippen LogP contribution in [0.2, 0.25) is 0 Å². The standard InChI is InChI=1S/C15H16BrN3O/c16-11-5-10(7-18-8-11)6-14(19-17)13-9-20-15-4-2-1-3-12(13)15/h1-5,7-8,13-14,19H,6,9,17H2. The smallest absolute Gasteiger partial charge is 0.122 e. The average Bonchev–Trinajstić information content (AvgIpc) is 2.89. The third-order valence-electron chi connectivity index (χ3n) is 3.65. The second-order valence-electron chi connectivity index (χ2n) is 4.94. The van der Waals surface area contributed by atoms with Gasteiger partial charge in [-0.05, 0) is 40.0 Å². The van der Waals surface area contributed by atoms with Crippen LogP contribution in [-0.2, 0) is 6.42 Å². The minimum Gasteiger partial charge on any atom is -0.493 e. The van der Waals surface area contributed by atoms with Gasteiger partial charge in [0.1, 0.15) is 5.75 Å². The van der Waals surface area contributed by atoms with Crippen LogP contribution in [0.5, 0.6) is 5.75 Å². The van der Waals surface area contributed by atoms with Crippen LogP contribution in [0, 0.1) is 0 Å². The van der Waals surface area contributed by atoms with Gasteiger partial charge in [-0.15, -0.1) is 0 Å². The Morgan fingerprint density at radius 1 is 1.40 bits per heavy atom. The molecule has 4 nitrogen and oxygen atoms in total. The van der Waals surface area contributed by atoms with E-state index in [0.29, 0.717) is 6.61 Å². The number of rotatable bonds is 4. The third-order valence-corrected chi connectivity index (χ3v) is 4.09. The van der Waals surface area contributed by atoms with Gasteiger partial charge in [0, 0.05) is 34.4 Å². The number of aromatic nitrogens is 1. The Labute approximate surface area is 126 Å². The summed E-state index contributed by atoms with van der Waals surface area (Å²) in [6, 6.07) is 10.3. The van der Waals surface area contributed by atoms with Crippen LogP contribution in [0.4, 0.5) is 0 Å². The molecule has 2 heterocycles. The van der Waals surface area contributed by atoms with E-state index in [1.807, 2.05) is 24.4 Å². The van der Waals surface area contributed by atoms with Gasteiger partial charge in [-0.2, -0.15) is 0 Å². The van der Waals surface area contributed by atoms with E-state index in [2.05, 4.69) is 38.5 Å². The van der Waals surface area contributed by atoms with E-state index >= 15 is 0 Å². The lowest BCUT2D eigenvalue weighted by Crippen LogP contribution is -2.42. The third kappa shape index (κ3) is 2.70. The van der Waals surface area contributed by atoms with Crippen molar-refractivity contribution in [2.24, 2.45) is 5.84 Å². The maximum Gasteiger partial charge on any atom is 0.122 e. The number of para-hydroxylation sites is 1. The van der Waals surface area contributed by atoms with E-state index in [1.54, 1.807) is 6.20 Å². The second kappa shape index (κ2) is 5.91. The number of hydrazine groups is 1. The van der Waals surface area contributed by atoms with E-state index in [9.17, 15) is 0 Å². The van der Waals surface area contributed by atoms with Crippen LogP contribution in [0.1, 0.15) is 17.0 Å². The fraction of sp³-hybridized carbons (Fsp3) is 0.267. The highest BCUT2D eigenvalue weighted by atomic mass is 79.9. The van der Waals surface area contributed by atoms with Gasteiger partial charge in [0.05, 0.1) is 6.61 Å². The number of ether oxygens (including phenoxy) is 1. The molecule has 0 radical (unpaired) electrons. The minimum atomic E-state index is 0.120. The zero-order valence-electron chi connectivity index (χ0n) is 10.9. The van der Waals surface area contributed by atoms with Crippen molar-refractivity contribution in [2.75, 3.05) is 6.61 Å². The van der Waals surface area contributed by atoms with Gasteiger partial charge in [0.2, 0.25) is 0 Å². The molecule has 2 aromatic rings. The summed E-state index contributed by atoms with van der Waals surface area (Å²) in [7, 11) is 0. The number of halogens is 1. The maximum atomic E-state index is 5.76. The molecule has 0 aliphatic carbocycles. The SMILES string of the molecule is NNC(Cc1cncc(Br)c1)C1COc2ccccc21. The van der Waals surface area contributed by atoms with Crippen molar-refractivity contribution in [3.8, 4) is 5.75 Å². The molecule has 3 N–H and O–H groups in total. The molecule has 2 unspecified atom stereocenters. The number of benzene rings is 1. The van der Waals surface area contributed by atoms with Gasteiger partial charge in [-0.1, -0.05) is 18.2 Å². The molecule has 1 aliphatic heterocycles. The molecule has 1 aromatic heterocycles. The molecule has 0 amide bonds. The lowest BCUT2D eigenvalue weighted by molar-refractivity contribution is 0.297. The highest BCUT2D eigenvalue weighted by molar-refractivity contribution is 9.10. The molecule has 0 spiro atoms. The number of nitrogens with zero attached hydrogens (tertiary/aromatic N) is 1. The zero-order chi connectivity index (χ0) is 13.9. The summed E-state index contributed by atoms with van der Waals surface area (Å²) in [6.45, 7) is 0.662. The number of nitrogens with two attached hydrogens (primary N) is 1. The van der Waals surface area contributed by atoms with Gasteiger partial charge in [0.15, 0.2) is 0 Å². The van der Waals surface area contributed by atoms with Crippen molar-refractivity contribution in [2.45, 2.75) is 18.4 Å². The second-order valence-corrected chi connectivity index (χ2v) is 5.86. The van der Waals surface area contributed by atoms with Crippen LogP contribution in [-0.4, -0.2) is 17.6 Å². The topological polar surface area (TPSA) is 60.2 Å². The number of hydrogen-bond donors (Lipinski definition) is 2. The number of pyridine rings is 1. The summed E-state index contributed by atoms with van der Waals surface area (Å²) in [5.74, 6) is 6.98. The van der Waals surface area contributed by atoms with Crippen molar-refractivity contribution in [3.05, 3.63) is 58.3 Å². The summed E-state index contributed by atoms with van der Waals surface area (Å²) >= 11 is 3.44. The highest BCUT2D eigenvalue weighted by Crippen LogP contribution is 2.36. The van der Waals surface area contributed by atoms with E-state index < -0.39 is 0 Å². The van der Waals surface area contributed by atoms with Crippen LogP contribution in [0.15, 0.2) is 47.2 Å². The zero-order valence-corrected chi connectivity index (χ0v) is 12.5. The Balaban J connectivity index is 1.81. The van der Waals surface area contributed by atoms with Crippen molar-refractivity contribution in [1.82, 2.24) is 10.4 Å². The molecule has 104 valence electrons. The van der Waals surface area contributed by atoms with Crippen LogP contribution in [0.25, 0.3) is 0 Å². The Hall–Kier alpha value is -1.43. The Kier molecular flexibility index (Phi) is 4.00. The highest BCUT2D eigenvalue weighted by Gasteiger charge is 2.30. The minimum absolute atomic E-state index is 0.120. The summed E-state index contributed by atoms with van der Waals surface area (Å²) in [6.07, 6.45) is 4.46. The first-order chi connectivity index (χ1) is 9.78. The Morgan fingerprint density at radius 3 is 3.05 bits per heavy atom. The van der Waals surface area contributed by atoms with Crippen LogP contribution < -0.4 is 16.0 Å². The number of hydrogen-bond acceptors (Lipinski definition) is 4. The first-order valence-electron chi connectivity index (χ1n) is 6.55. The monoisotopic (exact) mass is 333 g/mol. The first-order valence-corrected chi connectivity index (χ1v) is 7.34. The summed E-state index contributed by atoms with van der Waals surface area (Å²) < 4.78 is 6.72. The summed E-state index contributed by atoms with van der Waals surface area (Å²) in [5.41, 5.74) is 5.30. The molecule has 0 fully saturated rings. The van der Waals surface area contributed by atoms with Crippen LogP contribution >= 0.6 is 15.9 Å². The molecule has 0 bridgehead atoms. The number of fused-ring (bicyclic) bond motifs is 1. The Bertz CT molecular complexity index is 605. The molecule has 0 saturated carbocycles. The van der Waals surface area contributed by atoms with Crippen LogP contribution in [0.3, 0.4) is 0 Å². The van der Waals surface area contributed by atoms with Crippen molar-refractivity contribution in [1.29, 1.82) is 0 Å².